The number of carboxylic acids is 1. The third kappa shape index (κ3) is 7.16. The second-order valence-electron chi connectivity index (χ2n) is 11.0. The van der Waals surface area contributed by atoms with E-state index in [-0.39, 0.29) is 23.3 Å². The molecule has 0 aliphatic rings. The zero-order valence-electron chi connectivity index (χ0n) is 22.4. The molecule has 0 bridgehead atoms. The van der Waals surface area contributed by atoms with Crippen LogP contribution in [0.4, 0.5) is 0 Å². The third-order valence-electron chi connectivity index (χ3n) is 6.43. The van der Waals surface area contributed by atoms with Crippen LogP contribution in [-0.4, -0.2) is 60.0 Å². The molecule has 34 heavy (non-hydrogen) atoms. The molecule has 190 valence electrons. The Morgan fingerprint density at radius 1 is 1.00 bits per heavy atom. The van der Waals surface area contributed by atoms with Crippen molar-refractivity contribution in [3.63, 3.8) is 0 Å². The lowest BCUT2D eigenvalue weighted by atomic mass is 9.76. The van der Waals surface area contributed by atoms with Crippen molar-refractivity contribution in [2.45, 2.75) is 78.9 Å². The molecule has 0 aliphatic heterocycles. The number of rotatable bonds is 10. The van der Waals surface area contributed by atoms with E-state index in [1.54, 1.807) is 25.1 Å². The van der Waals surface area contributed by atoms with Crippen LogP contribution in [0.3, 0.4) is 0 Å². The monoisotopic (exact) mass is 473 g/mol. The summed E-state index contributed by atoms with van der Waals surface area (Å²) in [6, 6.07) is 7.99. The summed E-state index contributed by atoms with van der Waals surface area (Å²) < 4.78 is 0. The van der Waals surface area contributed by atoms with E-state index in [9.17, 15) is 19.5 Å². The van der Waals surface area contributed by atoms with E-state index in [0.29, 0.717) is 0 Å². The van der Waals surface area contributed by atoms with Crippen LogP contribution in [0.25, 0.3) is 0 Å². The Morgan fingerprint density at radius 2 is 1.53 bits per heavy atom. The lowest BCUT2D eigenvalue weighted by molar-refractivity contribution is -0.141. The Bertz CT molecular complexity index is 885. The van der Waals surface area contributed by atoms with Gasteiger partial charge in [-0.2, -0.15) is 0 Å². The van der Waals surface area contributed by atoms with Crippen molar-refractivity contribution in [2.75, 3.05) is 14.1 Å². The average molecular weight is 474 g/mol. The number of nitrogens with one attached hydrogen (secondary N) is 2. The minimum Gasteiger partial charge on any atom is -0.478 e. The summed E-state index contributed by atoms with van der Waals surface area (Å²) in [6.07, 6.45) is 1.60. The highest BCUT2D eigenvalue weighted by Crippen LogP contribution is 2.29. The molecule has 0 heterocycles. The van der Waals surface area contributed by atoms with Gasteiger partial charge in [-0.25, -0.2) is 4.79 Å². The topological polar surface area (TPSA) is 98.7 Å². The minimum absolute atomic E-state index is 0.0124. The first kappa shape index (κ1) is 29.4. The molecule has 0 saturated heterocycles. The molecule has 3 atom stereocenters. The highest BCUT2D eigenvalue weighted by atomic mass is 16.4. The minimum atomic E-state index is -1.02. The summed E-state index contributed by atoms with van der Waals surface area (Å²) in [5, 5.41) is 15.5. The van der Waals surface area contributed by atoms with Gasteiger partial charge in [0, 0.05) is 18.0 Å². The second kappa shape index (κ2) is 11.6. The highest BCUT2D eigenvalue weighted by molar-refractivity contribution is 5.91. The Balaban J connectivity index is 3.29. The predicted molar refractivity (Wildman–Crippen MR) is 136 cm³/mol. The van der Waals surface area contributed by atoms with E-state index in [1.807, 2.05) is 78.8 Å². The number of amides is 2. The first-order chi connectivity index (χ1) is 15.5. The maximum atomic E-state index is 13.7. The number of likely N-dealkylation sites (N-methyl/N-ethyl adjacent to an activating group) is 2. The van der Waals surface area contributed by atoms with Gasteiger partial charge in [0.25, 0.3) is 0 Å². The molecular formula is C27H43N3O4. The Labute approximate surface area is 205 Å². The van der Waals surface area contributed by atoms with E-state index in [1.165, 1.54) is 6.92 Å². The first-order valence-electron chi connectivity index (χ1n) is 11.8. The normalized spacial score (nSPS) is 15.4. The van der Waals surface area contributed by atoms with E-state index < -0.39 is 34.9 Å². The van der Waals surface area contributed by atoms with Gasteiger partial charge in [0.1, 0.15) is 6.04 Å². The second-order valence-corrected chi connectivity index (χ2v) is 11.0. The zero-order valence-corrected chi connectivity index (χ0v) is 22.4. The lowest BCUT2D eigenvalue weighted by Gasteiger charge is -2.39. The molecule has 0 saturated carbocycles. The molecule has 1 aromatic carbocycles. The summed E-state index contributed by atoms with van der Waals surface area (Å²) in [5.74, 6) is -1.56. The van der Waals surface area contributed by atoms with Gasteiger partial charge in [-0.15, -0.1) is 0 Å². The SMILES string of the molecule is CNC(C(=O)N[C@H](C(=O)N(C)[C@H](C=C(C)C(=O)O)C(C)C)C(C)(C)C)C(C)(C)c1ccccc1. The maximum Gasteiger partial charge on any atom is 0.331 e. The maximum absolute atomic E-state index is 13.7. The molecule has 1 aromatic rings. The fourth-order valence-electron chi connectivity index (χ4n) is 4.16. The quantitative estimate of drug-likeness (QED) is 0.451. The molecule has 2 amide bonds. The molecule has 3 N–H and O–H groups in total. The van der Waals surface area contributed by atoms with Crippen LogP contribution < -0.4 is 10.6 Å². The number of hydrogen-bond donors (Lipinski definition) is 3. The van der Waals surface area contributed by atoms with Gasteiger partial charge in [0.15, 0.2) is 0 Å². The van der Waals surface area contributed by atoms with Crippen LogP contribution in [0.1, 0.15) is 61.0 Å². The molecule has 0 radical (unpaired) electrons. The summed E-state index contributed by atoms with van der Waals surface area (Å²) >= 11 is 0. The number of carboxylic acid groups (broad SMARTS) is 1. The van der Waals surface area contributed by atoms with Crippen molar-refractivity contribution >= 4 is 17.8 Å². The number of carbonyl (C=O) groups is 3. The third-order valence-corrected chi connectivity index (χ3v) is 6.43. The van der Waals surface area contributed by atoms with Gasteiger partial charge in [0.2, 0.25) is 11.8 Å². The Kier molecular flexibility index (Phi) is 10.1. The lowest BCUT2D eigenvalue weighted by Crippen LogP contribution is -2.61. The van der Waals surface area contributed by atoms with Crippen molar-refractivity contribution in [2.24, 2.45) is 11.3 Å². The summed E-state index contributed by atoms with van der Waals surface area (Å²) in [7, 11) is 3.40. The molecule has 0 spiro atoms. The number of hydrogen-bond acceptors (Lipinski definition) is 4. The zero-order chi connectivity index (χ0) is 26.4. The van der Waals surface area contributed by atoms with Crippen molar-refractivity contribution in [1.82, 2.24) is 15.5 Å². The molecule has 1 rings (SSSR count). The number of nitrogens with zero attached hydrogens (tertiary/aromatic N) is 1. The predicted octanol–water partition coefficient (Wildman–Crippen LogP) is 3.60. The Morgan fingerprint density at radius 3 is 1.94 bits per heavy atom. The van der Waals surface area contributed by atoms with E-state index in [0.717, 1.165) is 5.56 Å². The van der Waals surface area contributed by atoms with Gasteiger partial charge >= 0.3 is 5.97 Å². The summed E-state index contributed by atoms with van der Waals surface area (Å²) in [6.45, 7) is 15.1. The van der Waals surface area contributed by atoms with Gasteiger partial charge in [-0.3, -0.25) is 9.59 Å². The van der Waals surface area contributed by atoms with Gasteiger partial charge in [-0.05, 0) is 30.9 Å². The van der Waals surface area contributed by atoms with Crippen LogP contribution in [-0.2, 0) is 19.8 Å². The fraction of sp³-hybridized carbons (Fsp3) is 0.593. The van der Waals surface area contributed by atoms with E-state index in [4.69, 9.17) is 0 Å². The molecule has 0 aliphatic carbocycles. The standard InChI is InChI=1S/C27H43N3O4/c1-17(2)20(16-18(3)25(33)34)30(10)24(32)22(26(4,5)6)29-23(31)21(28-9)27(7,8)19-14-12-11-13-15-19/h11-17,20-22,28H,1-10H3,(H,29,31)(H,33,34)/t20-,21?,22-/m1/s1. The number of aliphatic carboxylic acids is 1. The Hall–Kier alpha value is -2.67. The number of carbonyl (C=O) groups excluding carboxylic acids is 2. The molecule has 1 unspecified atom stereocenters. The molecular weight excluding hydrogens is 430 g/mol. The van der Waals surface area contributed by atoms with Gasteiger partial charge in [0.05, 0.1) is 12.1 Å². The van der Waals surface area contributed by atoms with Crippen molar-refractivity contribution < 1.29 is 19.5 Å². The smallest absolute Gasteiger partial charge is 0.331 e. The average Bonchev–Trinajstić information content (AvgIpc) is 2.74. The van der Waals surface area contributed by atoms with Crippen LogP contribution in [0.15, 0.2) is 42.0 Å². The van der Waals surface area contributed by atoms with Gasteiger partial charge < -0.3 is 20.6 Å². The van der Waals surface area contributed by atoms with Crippen molar-refractivity contribution in [1.29, 1.82) is 0 Å². The highest BCUT2D eigenvalue weighted by Gasteiger charge is 2.41. The van der Waals surface area contributed by atoms with E-state index >= 15 is 0 Å². The summed E-state index contributed by atoms with van der Waals surface area (Å²) in [4.78, 5) is 40.1. The largest absolute Gasteiger partial charge is 0.478 e. The van der Waals surface area contributed by atoms with E-state index in [2.05, 4.69) is 10.6 Å². The molecule has 7 heteroatoms. The van der Waals surface area contributed by atoms with Crippen LogP contribution >= 0.6 is 0 Å². The van der Waals surface area contributed by atoms with Crippen LogP contribution in [0, 0.1) is 11.3 Å². The van der Waals surface area contributed by atoms with Gasteiger partial charge in [-0.1, -0.05) is 84.9 Å². The van der Waals surface area contributed by atoms with Crippen LogP contribution in [0.5, 0.6) is 0 Å². The van der Waals surface area contributed by atoms with Crippen molar-refractivity contribution in [3.8, 4) is 0 Å². The molecule has 0 fully saturated rings. The molecule has 0 aromatic heterocycles. The first-order valence-corrected chi connectivity index (χ1v) is 11.8. The summed E-state index contributed by atoms with van der Waals surface area (Å²) in [5.41, 5.74) is 0.0895. The van der Waals surface area contributed by atoms with Crippen LogP contribution in [0.2, 0.25) is 0 Å². The molecule has 7 nitrogen and oxygen atoms in total. The van der Waals surface area contributed by atoms with Crippen molar-refractivity contribution in [3.05, 3.63) is 47.5 Å². The fourth-order valence-corrected chi connectivity index (χ4v) is 4.16. The number of benzene rings is 1.